The number of likely N-dealkylation sites (tertiary alicyclic amines) is 1. The van der Waals surface area contributed by atoms with Gasteiger partial charge in [-0.2, -0.15) is 0 Å². The van der Waals surface area contributed by atoms with Crippen LogP contribution in [0, 0.1) is 5.92 Å². The van der Waals surface area contributed by atoms with Crippen molar-refractivity contribution in [1.29, 1.82) is 0 Å². The van der Waals surface area contributed by atoms with E-state index in [1.54, 1.807) is 12.1 Å². The number of hydrogen-bond acceptors (Lipinski definition) is 5. The van der Waals surface area contributed by atoms with E-state index in [0.29, 0.717) is 5.56 Å². The normalized spacial score (nSPS) is 23.8. The molecule has 2 aliphatic heterocycles. The molecule has 1 atom stereocenters. The Balaban J connectivity index is 1.20. The van der Waals surface area contributed by atoms with Crippen molar-refractivity contribution in [3.05, 3.63) is 70.8 Å². The van der Waals surface area contributed by atoms with Crippen LogP contribution in [0.5, 0.6) is 0 Å². The van der Waals surface area contributed by atoms with Gasteiger partial charge in [-0.15, -0.1) is 0 Å². The molecule has 3 amide bonds. The van der Waals surface area contributed by atoms with Crippen LogP contribution in [0.25, 0.3) is 0 Å². The maximum atomic E-state index is 13.6. The number of carbonyl (C=O) groups is 3. The molecule has 178 valence electrons. The zero-order valence-corrected chi connectivity index (χ0v) is 19.8. The Hall–Kier alpha value is -3.19. The molecule has 0 spiro atoms. The first-order valence-electron chi connectivity index (χ1n) is 12.0. The molecule has 3 aliphatic rings. The number of piperidine rings is 1. The molecule has 0 bridgehead atoms. The van der Waals surface area contributed by atoms with E-state index in [2.05, 4.69) is 22.3 Å². The van der Waals surface area contributed by atoms with Gasteiger partial charge in [0.25, 0.3) is 5.91 Å². The SMILES string of the molecule is COC(=O)c1ccc(CN2CCC([C@]3(C)NC(=O)N(C4Cc5ccccc5C4)C3=O)CC2)cc1. The number of amides is 3. The van der Waals surface area contributed by atoms with Crippen LogP contribution in [0.4, 0.5) is 4.79 Å². The number of methoxy groups -OCH3 is 1. The molecule has 2 saturated heterocycles. The fourth-order valence-electron chi connectivity index (χ4n) is 5.80. The third-order valence-electron chi connectivity index (χ3n) is 7.83. The second-order valence-electron chi connectivity index (χ2n) is 9.88. The zero-order valence-electron chi connectivity index (χ0n) is 19.8. The van der Waals surface area contributed by atoms with Crippen LogP contribution in [0.15, 0.2) is 48.5 Å². The van der Waals surface area contributed by atoms with Gasteiger partial charge < -0.3 is 10.1 Å². The highest BCUT2D eigenvalue weighted by Gasteiger charge is 2.55. The third-order valence-corrected chi connectivity index (χ3v) is 7.83. The lowest BCUT2D eigenvalue weighted by Crippen LogP contribution is -2.54. The summed E-state index contributed by atoms with van der Waals surface area (Å²) in [5, 5.41) is 3.07. The lowest BCUT2D eigenvalue weighted by atomic mass is 9.78. The van der Waals surface area contributed by atoms with Crippen molar-refractivity contribution >= 4 is 17.9 Å². The molecule has 7 nitrogen and oxygen atoms in total. The van der Waals surface area contributed by atoms with E-state index in [1.165, 1.54) is 23.1 Å². The lowest BCUT2D eigenvalue weighted by molar-refractivity contribution is -0.134. The van der Waals surface area contributed by atoms with Crippen LogP contribution < -0.4 is 5.32 Å². The number of imide groups is 1. The predicted molar refractivity (Wildman–Crippen MR) is 127 cm³/mol. The van der Waals surface area contributed by atoms with Crippen LogP contribution in [-0.2, 0) is 28.9 Å². The standard InChI is InChI=1S/C27H31N3O4/c1-27(25(32)30(26(33)28-27)23-15-20-5-3-4-6-21(20)16-23)22-11-13-29(14-12-22)17-18-7-9-19(10-8-18)24(31)34-2/h3-10,22-23H,11-17H2,1-2H3,(H,28,33)/t27-/m0/s1. The number of nitrogens with zero attached hydrogens (tertiary/aromatic N) is 2. The monoisotopic (exact) mass is 461 g/mol. The van der Waals surface area contributed by atoms with Gasteiger partial charge in [0.1, 0.15) is 5.54 Å². The largest absolute Gasteiger partial charge is 0.465 e. The van der Waals surface area contributed by atoms with E-state index in [0.717, 1.165) is 50.9 Å². The van der Waals surface area contributed by atoms with Gasteiger partial charge in [0, 0.05) is 12.6 Å². The summed E-state index contributed by atoms with van der Waals surface area (Å²) in [6.07, 6.45) is 3.17. The Labute approximate surface area is 200 Å². The fraction of sp³-hybridized carbons (Fsp3) is 0.444. The van der Waals surface area contributed by atoms with Gasteiger partial charge in [-0.05, 0) is 80.4 Å². The van der Waals surface area contributed by atoms with Gasteiger partial charge in [0.2, 0.25) is 0 Å². The van der Waals surface area contributed by atoms with Crippen molar-refractivity contribution in [1.82, 2.24) is 15.1 Å². The van der Waals surface area contributed by atoms with Crippen LogP contribution in [-0.4, -0.2) is 59.5 Å². The fourth-order valence-corrected chi connectivity index (χ4v) is 5.80. The van der Waals surface area contributed by atoms with Crippen molar-refractivity contribution in [2.24, 2.45) is 5.92 Å². The maximum Gasteiger partial charge on any atom is 0.337 e. The molecule has 5 rings (SSSR count). The number of hydrogen-bond donors (Lipinski definition) is 1. The number of esters is 1. The van der Waals surface area contributed by atoms with Gasteiger partial charge in [0.05, 0.1) is 12.7 Å². The molecule has 1 aliphatic carbocycles. The van der Waals surface area contributed by atoms with Gasteiger partial charge in [0.15, 0.2) is 0 Å². The van der Waals surface area contributed by atoms with E-state index < -0.39 is 5.54 Å². The molecule has 2 aromatic rings. The number of nitrogens with one attached hydrogen (secondary N) is 1. The maximum absolute atomic E-state index is 13.6. The average Bonchev–Trinajstić information content (AvgIpc) is 3.37. The Morgan fingerprint density at radius 1 is 1.03 bits per heavy atom. The third kappa shape index (κ3) is 3.98. The number of rotatable bonds is 5. The molecular formula is C27H31N3O4. The summed E-state index contributed by atoms with van der Waals surface area (Å²) in [7, 11) is 1.38. The van der Waals surface area contributed by atoms with E-state index in [9.17, 15) is 14.4 Å². The Bertz CT molecular complexity index is 1080. The molecular weight excluding hydrogens is 430 g/mol. The highest BCUT2D eigenvalue weighted by molar-refractivity contribution is 6.07. The molecule has 1 N–H and O–H groups in total. The van der Waals surface area contributed by atoms with Gasteiger partial charge in [-0.25, -0.2) is 9.59 Å². The number of ether oxygens (including phenoxy) is 1. The van der Waals surface area contributed by atoms with Crippen molar-refractivity contribution < 1.29 is 19.1 Å². The summed E-state index contributed by atoms with van der Waals surface area (Å²) in [5.41, 5.74) is 3.29. The van der Waals surface area contributed by atoms with Gasteiger partial charge in [-0.1, -0.05) is 36.4 Å². The topological polar surface area (TPSA) is 79.0 Å². The Morgan fingerprint density at radius 3 is 2.24 bits per heavy atom. The number of carbonyl (C=O) groups excluding carboxylic acids is 3. The smallest absolute Gasteiger partial charge is 0.337 e. The van der Waals surface area contributed by atoms with Crippen molar-refractivity contribution in [2.75, 3.05) is 20.2 Å². The number of benzene rings is 2. The summed E-state index contributed by atoms with van der Waals surface area (Å²) in [4.78, 5) is 42.0. The molecule has 0 radical (unpaired) electrons. The highest BCUT2D eigenvalue weighted by atomic mass is 16.5. The minimum Gasteiger partial charge on any atom is -0.465 e. The van der Waals surface area contributed by atoms with Crippen LogP contribution in [0.3, 0.4) is 0 Å². The Kier molecular flexibility index (Phi) is 5.90. The second kappa shape index (κ2) is 8.87. The van der Waals surface area contributed by atoms with Crippen LogP contribution in [0.1, 0.15) is 46.8 Å². The highest BCUT2D eigenvalue weighted by Crippen LogP contribution is 2.36. The molecule has 0 aromatic heterocycles. The summed E-state index contributed by atoms with van der Waals surface area (Å²) >= 11 is 0. The first-order valence-corrected chi connectivity index (χ1v) is 12.0. The van der Waals surface area contributed by atoms with Gasteiger partial charge >= 0.3 is 12.0 Å². The summed E-state index contributed by atoms with van der Waals surface area (Å²) in [5.74, 6) is -0.303. The first-order chi connectivity index (χ1) is 16.4. The molecule has 2 heterocycles. The van der Waals surface area contributed by atoms with Crippen molar-refractivity contribution in [3.8, 4) is 0 Å². The van der Waals surface area contributed by atoms with Crippen molar-refractivity contribution in [3.63, 3.8) is 0 Å². The average molecular weight is 462 g/mol. The predicted octanol–water partition coefficient (Wildman–Crippen LogP) is 3.16. The molecule has 7 heteroatoms. The number of urea groups is 1. The minimum atomic E-state index is -0.847. The lowest BCUT2D eigenvalue weighted by Gasteiger charge is -2.39. The van der Waals surface area contributed by atoms with Crippen molar-refractivity contribution in [2.45, 2.75) is 50.7 Å². The van der Waals surface area contributed by atoms with Gasteiger partial charge in [-0.3, -0.25) is 14.6 Å². The first kappa shape index (κ1) is 22.6. The second-order valence-corrected chi connectivity index (χ2v) is 9.88. The summed E-state index contributed by atoms with van der Waals surface area (Å²) in [6, 6.07) is 15.3. The van der Waals surface area contributed by atoms with E-state index in [1.807, 2.05) is 31.2 Å². The Morgan fingerprint density at radius 2 is 1.65 bits per heavy atom. The molecule has 0 unspecified atom stereocenters. The molecule has 2 fully saturated rings. The van der Waals surface area contributed by atoms with E-state index in [-0.39, 0.29) is 29.9 Å². The van der Waals surface area contributed by atoms with Crippen LogP contribution in [0.2, 0.25) is 0 Å². The molecule has 34 heavy (non-hydrogen) atoms. The number of fused-ring (bicyclic) bond motifs is 1. The van der Waals surface area contributed by atoms with E-state index >= 15 is 0 Å². The van der Waals surface area contributed by atoms with Crippen LogP contribution >= 0.6 is 0 Å². The van der Waals surface area contributed by atoms with E-state index in [4.69, 9.17) is 4.74 Å². The zero-order chi connectivity index (χ0) is 23.9. The molecule has 2 aromatic carbocycles. The quantitative estimate of drug-likeness (QED) is 0.547. The molecule has 0 saturated carbocycles. The summed E-state index contributed by atoms with van der Waals surface area (Å²) < 4.78 is 4.76. The minimum absolute atomic E-state index is 0.0767. The summed E-state index contributed by atoms with van der Waals surface area (Å²) in [6.45, 7) is 4.41.